The molecule has 0 atom stereocenters. The summed E-state index contributed by atoms with van der Waals surface area (Å²) < 4.78 is 1.76. The highest BCUT2D eigenvalue weighted by Crippen LogP contribution is 2.15. The highest BCUT2D eigenvalue weighted by atomic mass is 16.6. The van der Waals surface area contributed by atoms with Crippen molar-refractivity contribution in [2.75, 3.05) is 24.3 Å². The van der Waals surface area contributed by atoms with Gasteiger partial charge < -0.3 is 10.2 Å². The van der Waals surface area contributed by atoms with Crippen molar-refractivity contribution in [3.05, 3.63) is 58.9 Å². The fraction of sp³-hybridized carbons (Fsp3) is 0.200. The van der Waals surface area contributed by atoms with Crippen LogP contribution in [-0.2, 0) is 11.3 Å². The Hall–Kier alpha value is -2.96. The van der Waals surface area contributed by atoms with Crippen LogP contribution in [0.4, 0.5) is 17.1 Å². The summed E-state index contributed by atoms with van der Waals surface area (Å²) in [7, 11) is 3.89. The van der Waals surface area contributed by atoms with Gasteiger partial charge in [0, 0.05) is 49.7 Å². The Morgan fingerprint density at radius 2 is 1.77 bits per heavy atom. The van der Waals surface area contributed by atoms with Gasteiger partial charge in [-0.05, 0) is 12.1 Å². The van der Waals surface area contributed by atoms with Gasteiger partial charge in [-0.3, -0.25) is 14.9 Å². The van der Waals surface area contributed by atoms with E-state index in [9.17, 15) is 14.9 Å². The number of carbonyl (C=O) groups is 1. The molecule has 0 unspecified atom stereocenters. The highest BCUT2D eigenvalue weighted by Gasteiger charge is 2.11. The number of nitrogens with zero attached hydrogens (tertiary/aromatic N) is 3. The molecule has 0 bridgehead atoms. The number of aromatic nitrogens is 1. The fourth-order valence-electron chi connectivity index (χ4n) is 1.89. The molecule has 7 heteroatoms. The van der Waals surface area contributed by atoms with Gasteiger partial charge in [0.05, 0.1) is 4.92 Å². The first-order valence-corrected chi connectivity index (χ1v) is 6.66. The van der Waals surface area contributed by atoms with Gasteiger partial charge in [-0.15, -0.1) is 0 Å². The standard InChI is InChI=1S/C15H16N4O3/c1-17(2)13-7-9-18(10-8-13)11-15(20)16-12-3-5-14(6-4-12)19(21)22/h3-10H,11H2,1-2H3/p+1. The largest absolute Gasteiger partial charge is 0.377 e. The molecule has 2 aromatic rings. The molecular weight excluding hydrogens is 284 g/mol. The number of hydrogen-bond donors (Lipinski definition) is 1. The quantitative estimate of drug-likeness (QED) is 0.516. The zero-order valence-electron chi connectivity index (χ0n) is 12.4. The predicted molar refractivity (Wildman–Crippen MR) is 82.7 cm³/mol. The molecule has 0 aliphatic carbocycles. The lowest BCUT2D eigenvalue weighted by Gasteiger charge is -2.10. The molecule has 0 spiro atoms. The molecule has 1 N–H and O–H groups in total. The Balaban J connectivity index is 1.96. The van der Waals surface area contributed by atoms with E-state index >= 15 is 0 Å². The third-order valence-corrected chi connectivity index (χ3v) is 3.08. The van der Waals surface area contributed by atoms with Crippen LogP contribution in [0.3, 0.4) is 0 Å². The summed E-state index contributed by atoms with van der Waals surface area (Å²) in [5.41, 5.74) is 1.57. The minimum absolute atomic E-state index is 0.00773. The number of benzene rings is 1. The van der Waals surface area contributed by atoms with E-state index in [-0.39, 0.29) is 18.1 Å². The summed E-state index contributed by atoms with van der Waals surface area (Å²) in [5, 5.41) is 13.3. The van der Waals surface area contributed by atoms with Crippen molar-refractivity contribution in [2.24, 2.45) is 0 Å². The van der Waals surface area contributed by atoms with E-state index in [2.05, 4.69) is 5.32 Å². The Morgan fingerprint density at radius 1 is 1.18 bits per heavy atom. The molecule has 114 valence electrons. The van der Waals surface area contributed by atoms with Crippen LogP contribution < -0.4 is 14.8 Å². The number of non-ortho nitro benzene ring substituents is 1. The number of carbonyl (C=O) groups excluding carboxylic acids is 1. The third kappa shape index (κ3) is 4.02. The lowest BCUT2D eigenvalue weighted by molar-refractivity contribution is -0.684. The van der Waals surface area contributed by atoms with Crippen molar-refractivity contribution in [3.63, 3.8) is 0 Å². The van der Waals surface area contributed by atoms with Crippen LogP contribution in [0.25, 0.3) is 0 Å². The highest BCUT2D eigenvalue weighted by molar-refractivity contribution is 5.89. The van der Waals surface area contributed by atoms with Gasteiger partial charge >= 0.3 is 0 Å². The number of pyridine rings is 1. The zero-order valence-corrected chi connectivity index (χ0v) is 12.4. The Bertz CT molecular complexity index is 666. The molecule has 2 rings (SSSR count). The van der Waals surface area contributed by atoms with Crippen LogP contribution in [-0.4, -0.2) is 24.9 Å². The molecule has 1 amide bonds. The van der Waals surface area contributed by atoms with Crippen molar-refractivity contribution in [1.29, 1.82) is 0 Å². The average molecular weight is 301 g/mol. The predicted octanol–water partition coefficient (Wildman–Crippen LogP) is 1.59. The number of nitro groups is 1. The van der Waals surface area contributed by atoms with E-state index in [1.165, 1.54) is 24.3 Å². The molecule has 1 aromatic heterocycles. The average Bonchev–Trinajstić information content (AvgIpc) is 2.48. The summed E-state index contributed by atoms with van der Waals surface area (Å²) in [6.07, 6.45) is 3.65. The van der Waals surface area contributed by atoms with Crippen LogP contribution in [0.5, 0.6) is 0 Å². The molecular formula is C15H17N4O3+. The maximum atomic E-state index is 11.9. The van der Waals surface area contributed by atoms with E-state index < -0.39 is 4.92 Å². The molecule has 0 saturated heterocycles. The first-order chi connectivity index (χ1) is 10.5. The van der Waals surface area contributed by atoms with Crippen LogP contribution in [0.2, 0.25) is 0 Å². The number of amides is 1. The molecule has 0 aliphatic heterocycles. The number of rotatable bonds is 5. The number of nitrogens with one attached hydrogen (secondary N) is 1. The molecule has 0 saturated carbocycles. The first-order valence-electron chi connectivity index (χ1n) is 6.66. The van der Waals surface area contributed by atoms with E-state index in [4.69, 9.17) is 0 Å². The Morgan fingerprint density at radius 3 is 2.27 bits per heavy atom. The summed E-state index contributed by atoms with van der Waals surface area (Å²) in [6, 6.07) is 9.56. The molecule has 0 radical (unpaired) electrons. The van der Waals surface area contributed by atoms with Gasteiger partial charge in [-0.2, -0.15) is 4.57 Å². The number of hydrogen-bond acceptors (Lipinski definition) is 4. The number of nitro benzene ring substituents is 1. The van der Waals surface area contributed by atoms with E-state index in [0.29, 0.717) is 5.69 Å². The van der Waals surface area contributed by atoms with E-state index in [0.717, 1.165) is 5.69 Å². The lowest BCUT2D eigenvalue weighted by Crippen LogP contribution is -2.39. The summed E-state index contributed by atoms with van der Waals surface area (Å²) in [4.78, 5) is 24.0. The monoisotopic (exact) mass is 301 g/mol. The Kier molecular flexibility index (Phi) is 4.67. The van der Waals surface area contributed by atoms with Gasteiger partial charge in [-0.1, -0.05) is 0 Å². The van der Waals surface area contributed by atoms with Gasteiger partial charge in [0.2, 0.25) is 6.54 Å². The molecule has 0 aliphatic rings. The second-order valence-corrected chi connectivity index (χ2v) is 4.98. The molecule has 0 fully saturated rings. The van der Waals surface area contributed by atoms with Crippen molar-refractivity contribution in [2.45, 2.75) is 6.54 Å². The SMILES string of the molecule is CN(C)c1cc[n+](CC(=O)Nc2ccc([N+](=O)[O-])cc2)cc1. The van der Waals surface area contributed by atoms with Gasteiger partial charge in [-0.25, -0.2) is 0 Å². The Labute approximate surface area is 128 Å². The topological polar surface area (TPSA) is 79.4 Å². The van der Waals surface area contributed by atoms with Crippen LogP contribution in [0, 0.1) is 10.1 Å². The summed E-state index contributed by atoms with van der Waals surface area (Å²) in [5.74, 6) is -0.198. The maximum absolute atomic E-state index is 11.9. The first kappa shape index (κ1) is 15.4. The van der Waals surface area contributed by atoms with Crippen molar-refractivity contribution in [1.82, 2.24) is 0 Å². The summed E-state index contributed by atoms with van der Waals surface area (Å²) >= 11 is 0. The van der Waals surface area contributed by atoms with Crippen LogP contribution in [0.15, 0.2) is 48.8 Å². The second-order valence-electron chi connectivity index (χ2n) is 4.98. The van der Waals surface area contributed by atoms with Gasteiger partial charge in [0.1, 0.15) is 0 Å². The fourth-order valence-corrected chi connectivity index (χ4v) is 1.89. The lowest BCUT2D eigenvalue weighted by atomic mass is 10.3. The third-order valence-electron chi connectivity index (χ3n) is 3.08. The molecule has 7 nitrogen and oxygen atoms in total. The van der Waals surface area contributed by atoms with E-state index in [1.807, 2.05) is 43.5 Å². The minimum atomic E-state index is -0.478. The van der Waals surface area contributed by atoms with Crippen molar-refractivity contribution < 1.29 is 14.3 Å². The van der Waals surface area contributed by atoms with Crippen molar-refractivity contribution in [3.8, 4) is 0 Å². The van der Waals surface area contributed by atoms with Crippen molar-refractivity contribution >= 4 is 23.0 Å². The number of anilines is 2. The van der Waals surface area contributed by atoms with Crippen LogP contribution in [0.1, 0.15) is 0 Å². The van der Waals surface area contributed by atoms with Gasteiger partial charge in [0.15, 0.2) is 12.4 Å². The minimum Gasteiger partial charge on any atom is -0.377 e. The molecule has 1 heterocycles. The smallest absolute Gasteiger partial charge is 0.290 e. The second kappa shape index (κ2) is 6.66. The molecule has 22 heavy (non-hydrogen) atoms. The zero-order chi connectivity index (χ0) is 16.1. The van der Waals surface area contributed by atoms with E-state index in [1.54, 1.807) is 4.57 Å². The molecule has 1 aromatic carbocycles. The normalized spacial score (nSPS) is 10.1. The summed E-state index contributed by atoms with van der Waals surface area (Å²) in [6.45, 7) is 0.171. The van der Waals surface area contributed by atoms with Crippen LogP contribution >= 0.6 is 0 Å². The maximum Gasteiger partial charge on any atom is 0.290 e. The van der Waals surface area contributed by atoms with Gasteiger partial charge in [0.25, 0.3) is 11.6 Å².